The molecule has 5 nitrogen and oxygen atoms in total. The highest BCUT2D eigenvalue weighted by atomic mass is 19.1. The van der Waals surface area contributed by atoms with E-state index in [9.17, 15) is 9.18 Å². The number of hydrogen-bond acceptors (Lipinski definition) is 3. The predicted octanol–water partition coefficient (Wildman–Crippen LogP) is 2.36. The normalized spacial score (nSPS) is 16.7. The predicted molar refractivity (Wildman–Crippen MR) is 81.2 cm³/mol. The van der Waals surface area contributed by atoms with Gasteiger partial charge < -0.3 is 20.5 Å². The zero-order valence-electron chi connectivity index (χ0n) is 12.9. The second-order valence-corrected chi connectivity index (χ2v) is 5.87. The second kappa shape index (κ2) is 7.45. The summed E-state index contributed by atoms with van der Waals surface area (Å²) in [5.74, 6) is 0.397. The molecule has 0 radical (unpaired) electrons. The lowest BCUT2D eigenvalue weighted by molar-refractivity contribution is 0.218. The molecule has 22 heavy (non-hydrogen) atoms. The summed E-state index contributed by atoms with van der Waals surface area (Å²) in [7, 11) is 0. The standard InChI is InChI=1S/C16H23FN2O3/c1-10(8-20)18-16(21)19-11(2)13-5-6-15(14(17)7-13)22-9-12-3-4-12/h5-7,10-12,20H,3-4,8-9H2,1-2H3,(H2,18,19,21)/t10-,11-/m1/s1. The molecule has 3 N–H and O–H groups in total. The molecule has 6 heteroatoms. The van der Waals surface area contributed by atoms with Crippen LogP contribution in [0, 0.1) is 11.7 Å². The molecule has 1 fully saturated rings. The third kappa shape index (κ3) is 4.87. The fraction of sp³-hybridized carbons (Fsp3) is 0.562. The van der Waals surface area contributed by atoms with E-state index in [-0.39, 0.29) is 24.4 Å². The maximum absolute atomic E-state index is 14.0. The number of nitrogens with one attached hydrogen (secondary N) is 2. The van der Waals surface area contributed by atoms with Gasteiger partial charge in [0.1, 0.15) is 0 Å². The number of benzene rings is 1. The lowest BCUT2D eigenvalue weighted by Crippen LogP contribution is -2.43. The summed E-state index contributed by atoms with van der Waals surface area (Å²) in [5, 5.41) is 14.2. The van der Waals surface area contributed by atoms with Crippen molar-refractivity contribution < 1.29 is 19.0 Å². The van der Waals surface area contributed by atoms with E-state index < -0.39 is 11.8 Å². The second-order valence-electron chi connectivity index (χ2n) is 5.87. The van der Waals surface area contributed by atoms with Crippen LogP contribution in [0.15, 0.2) is 18.2 Å². The van der Waals surface area contributed by atoms with Crippen LogP contribution >= 0.6 is 0 Å². The van der Waals surface area contributed by atoms with Crippen LogP contribution in [-0.2, 0) is 0 Å². The van der Waals surface area contributed by atoms with E-state index in [1.54, 1.807) is 26.0 Å². The third-order valence-corrected chi connectivity index (χ3v) is 3.63. The van der Waals surface area contributed by atoms with Crippen LogP contribution in [0.1, 0.15) is 38.3 Å². The van der Waals surface area contributed by atoms with Crippen LogP contribution in [0.5, 0.6) is 5.75 Å². The van der Waals surface area contributed by atoms with Gasteiger partial charge in [-0.15, -0.1) is 0 Å². The fourth-order valence-electron chi connectivity index (χ4n) is 1.99. The number of aliphatic hydroxyl groups excluding tert-OH is 1. The minimum atomic E-state index is -0.420. The number of amides is 2. The zero-order valence-corrected chi connectivity index (χ0v) is 12.9. The van der Waals surface area contributed by atoms with Gasteiger partial charge in [0.15, 0.2) is 11.6 Å². The first-order valence-electron chi connectivity index (χ1n) is 7.59. The molecule has 0 aliphatic heterocycles. The van der Waals surface area contributed by atoms with Crippen LogP contribution in [0.3, 0.4) is 0 Å². The lowest BCUT2D eigenvalue weighted by Gasteiger charge is -2.18. The number of carbonyl (C=O) groups is 1. The van der Waals surface area contributed by atoms with Gasteiger partial charge in [-0.25, -0.2) is 9.18 Å². The van der Waals surface area contributed by atoms with Gasteiger partial charge in [-0.05, 0) is 50.3 Å². The van der Waals surface area contributed by atoms with Gasteiger partial charge in [0.2, 0.25) is 0 Å². The van der Waals surface area contributed by atoms with Crippen molar-refractivity contribution in [1.82, 2.24) is 10.6 Å². The van der Waals surface area contributed by atoms with Crippen molar-refractivity contribution in [3.05, 3.63) is 29.6 Å². The van der Waals surface area contributed by atoms with Crippen LogP contribution < -0.4 is 15.4 Å². The van der Waals surface area contributed by atoms with Crippen molar-refractivity contribution in [3.63, 3.8) is 0 Å². The average molecular weight is 310 g/mol. The van der Waals surface area contributed by atoms with Crippen molar-refractivity contribution in [1.29, 1.82) is 0 Å². The van der Waals surface area contributed by atoms with E-state index >= 15 is 0 Å². The zero-order chi connectivity index (χ0) is 16.1. The summed E-state index contributed by atoms with van der Waals surface area (Å²) in [6.45, 7) is 3.88. The number of aliphatic hydroxyl groups is 1. The van der Waals surface area contributed by atoms with Gasteiger partial charge in [0.05, 0.1) is 25.3 Å². The molecule has 0 bridgehead atoms. The monoisotopic (exact) mass is 310 g/mol. The molecule has 0 aromatic heterocycles. The summed E-state index contributed by atoms with van der Waals surface area (Å²) in [6.07, 6.45) is 2.31. The average Bonchev–Trinajstić information content (AvgIpc) is 3.29. The van der Waals surface area contributed by atoms with E-state index in [0.29, 0.717) is 18.1 Å². The number of carbonyl (C=O) groups excluding carboxylic acids is 1. The highest BCUT2D eigenvalue weighted by Crippen LogP contribution is 2.30. The molecule has 1 aliphatic carbocycles. The van der Waals surface area contributed by atoms with Crippen molar-refractivity contribution in [2.45, 2.75) is 38.8 Å². The Morgan fingerprint density at radius 2 is 2.14 bits per heavy atom. The molecule has 2 rings (SSSR count). The van der Waals surface area contributed by atoms with Crippen molar-refractivity contribution in [2.24, 2.45) is 5.92 Å². The first kappa shape index (κ1) is 16.5. The number of urea groups is 1. The molecule has 0 saturated heterocycles. The Labute approximate surface area is 129 Å². The van der Waals surface area contributed by atoms with Crippen LogP contribution in [0.25, 0.3) is 0 Å². The minimum Gasteiger partial charge on any atom is -0.490 e. The molecule has 1 aromatic carbocycles. The molecule has 0 heterocycles. The van der Waals surface area contributed by atoms with E-state index in [0.717, 1.165) is 12.8 Å². The smallest absolute Gasteiger partial charge is 0.315 e. The first-order valence-corrected chi connectivity index (χ1v) is 7.59. The van der Waals surface area contributed by atoms with E-state index in [4.69, 9.17) is 9.84 Å². The van der Waals surface area contributed by atoms with E-state index in [2.05, 4.69) is 10.6 Å². The lowest BCUT2D eigenvalue weighted by atomic mass is 10.1. The number of ether oxygens (including phenoxy) is 1. The Morgan fingerprint density at radius 1 is 1.41 bits per heavy atom. The maximum Gasteiger partial charge on any atom is 0.315 e. The molecule has 1 aromatic rings. The van der Waals surface area contributed by atoms with Gasteiger partial charge in [0, 0.05) is 0 Å². The highest BCUT2D eigenvalue weighted by molar-refractivity contribution is 5.74. The summed E-state index contributed by atoms with van der Waals surface area (Å²) < 4.78 is 19.4. The van der Waals surface area contributed by atoms with Gasteiger partial charge >= 0.3 is 6.03 Å². The molecule has 122 valence electrons. The molecular formula is C16H23FN2O3. The minimum absolute atomic E-state index is 0.135. The van der Waals surface area contributed by atoms with Gasteiger partial charge in [-0.1, -0.05) is 6.07 Å². The molecule has 2 atom stereocenters. The highest BCUT2D eigenvalue weighted by Gasteiger charge is 2.22. The van der Waals surface area contributed by atoms with E-state index in [1.165, 1.54) is 6.07 Å². The Bertz CT molecular complexity index is 520. The SMILES string of the molecule is C[C@H](CO)NC(=O)N[C@H](C)c1ccc(OCC2CC2)c(F)c1. The van der Waals surface area contributed by atoms with Crippen molar-refractivity contribution in [2.75, 3.05) is 13.2 Å². The number of hydrogen-bond donors (Lipinski definition) is 3. The Kier molecular flexibility index (Phi) is 5.60. The maximum atomic E-state index is 14.0. The largest absolute Gasteiger partial charge is 0.490 e. The van der Waals surface area contributed by atoms with Crippen LogP contribution in [0.2, 0.25) is 0 Å². The van der Waals surface area contributed by atoms with Gasteiger partial charge in [-0.2, -0.15) is 0 Å². The van der Waals surface area contributed by atoms with Crippen molar-refractivity contribution in [3.8, 4) is 5.75 Å². The number of halogens is 1. The Hall–Kier alpha value is -1.82. The Morgan fingerprint density at radius 3 is 2.73 bits per heavy atom. The molecule has 1 aliphatic rings. The molecule has 2 amide bonds. The summed E-state index contributed by atoms with van der Waals surface area (Å²) in [4.78, 5) is 11.7. The first-order chi connectivity index (χ1) is 10.5. The molecule has 0 spiro atoms. The summed E-state index contributed by atoms with van der Waals surface area (Å²) >= 11 is 0. The molecular weight excluding hydrogens is 287 g/mol. The quantitative estimate of drug-likeness (QED) is 0.724. The molecule has 0 unspecified atom stereocenters. The van der Waals surface area contributed by atoms with Crippen molar-refractivity contribution >= 4 is 6.03 Å². The summed E-state index contributed by atoms with van der Waals surface area (Å²) in [5.41, 5.74) is 0.656. The van der Waals surface area contributed by atoms with Gasteiger partial charge in [-0.3, -0.25) is 0 Å². The number of rotatable bonds is 7. The summed E-state index contributed by atoms with van der Waals surface area (Å²) in [6, 6.07) is 3.64. The van der Waals surface area contributed by atoms with Crippen LogP contribution in [-0.4, -0.2) is 30.4 Å². The fourth-order valence-corrected chi connectivity index (χ4v) is 1.99. The van der Waals surface area contributed by atoms with Gasteiger partial charge in [0.25, 0.3) is 0 Å². The Balaban J connectivity index is 1.90. The van der Waals surface area contributed by atoms with Crippen LogP contribution in [0.4, 0.5) is 9.18 Å². The third-order valence-electron chi connectivity index (χ3n) is 3.63. The topological polar surface area (TPSA) is 70.6 Å². The van der Waals surface area contributed by atoms with E-state index in [1.807, 2.05) is 0 Å². The molecule has 1 saturated carbocycles.